The maximum atomic E-state index is 10.7. The van der Waals surface area contributed by atoms with Crippen LogP contribution in [0.25, 0.3) is 0 Å². The molecule has 0 saturated carbocycles. The van der Waals surface area contributed by atoms with Gasteiger partial charge in [0.05, 0.1) is 0 Å². The summed E-state index contributed by atoms with van der Waals surface area (Å²) in [5.74, 6) is 0. The van der Waals surface area contributed by atoms with Gasteiger partial charge < -0.3 is 0 Å². The SMILES string of the molecule is [F][Pt-2]([F])([Cl])[Cl]. The van der Waals surface area contributed by atoms with Crippen molar-refractivity contribution in [3.63, 3.8) is 0 Å². The first-order valence-corrected chi connectivity index (χ1v) is 7.83. The molecule has 0 aliphatic heterocycles. The van der Waals surface area contributed by atoms with E-state index in [1.165, 1.54) is 0 Å². The molecule has 0 aliphatic carbocycles. The second-order valence-electron chi connectivity index (χ2n) is 0.271. The Morgan fingerprint density at radius 1 is 1.20 bits per heavy atom. The Hall–Kier alpha value is 1.13. The quantitative estimate of drug-likeness (QED) is 0.644. The van der Waals surface area contributed by atoms with Crippen LogP contribution in [0.2, 0.25) is 0 Å². The molecule has 0 radical (unpaired) electrons. The molecule has 0 aromatic rings. The maximum absolute atomic E-state index is 10.7. The second-order valence-corrected chi connectivity index (χ2v) is 8.14. The van der Waals surface area contributed by atoms with Crippen LogP contribution in [0.15, 0.2) is 0 Å². The third-order valence-corrected chi connectivity index (χ3v) is 0. The van der Waals surface area contributed by atoms with Crippen LogP contribution in [0, 0.1) is 0 Å². The van der Waals surface area contributed by atoms with E-state index in [1.807, 2.05) is 0 Å². The van der Waals surface area contributed by atoms with Crippen LogP contribution < -0.4 is 0 Å². The van der Waals surface area contributed by atoms with E-state index in [0.29, 0.717) is 0 Å². The molecular formula is Cl2F2Pt-2. The Morgan fingerprint density at radius 3 is 1.20 bits per heavy atom. The number of halogens is 4. The molecule has 0 spiro atoms. The van der Waals surface area contributed by atoms with Crippen molar-refractivity contribution in [2.24, 2.45) is 0 Å². The zero-order valence-corrected chi connectivity index (χ0v) is 5.61. The van der Waals surface area contributed by atoms with Gasteiger partial charge in [-0.25, -0.2) is 0 Å². The van der Waals surface area contributed by atoms with Crippen molar-refractivity contribution in [2.75, 3.05) is 0 Å². The fourth-order valence-corrected chi connectivity index (χ4v) is 0. The Morgan fingerprint density at radius 2 is 1.20 bits per heavy atom. The molecule has 40 valence electrons. The molecule has 0 N–H and O–H groups in total. The van der Waals surface area contributed by atoms with Gasteiger partial charge in [-0.2, -0.15) is 0 Å². The number of hydrogen-bond donors (Lipinski definition) is 0. The molecule has 0 rings (SSSR count). The summed E-state index contributed by atoms with van der Waals surface area (Å²) in [7, 11) is 8.29. The summed E-state index contributed by atoms with van der Waals surface area (Å²) in [5, 5.41) is 0. The third-order valence-electron chi connectivity index (χ3n) is 0. The molecular weight excluding hydrogens is 304 g/mol. The van der Waals surface area contributed by atoms with Gasteiger partial charge in [-0.1, -0.05) is 0 Å². The molecule has 0 fully saturated rings. The van der Waals surface area contributed by atoms with Crippen molar-refractivity contribution in [3.05, 3.63) is 0 Å². The topological polar surface area (TPSA) is 0 Å². The molecule has 0 atom stereocenters. The van der Waals surface area contributed by atoms with Gasteiger partial charge in [0, 0.05) is 0 Å². The van der Waals surface area contributed by atoms with E-state index in [4.69, 9.17) is 0 Å². The van der Waals surface area contributed by atoms with Crippen LogP contribution in [-0.4, -0.2) is 0 Å². The molecule has 0 aromatic heterocycles. The summed E-state index contributed by atoms with van der Waals surface area (Å²) in [6.07, 6.45) is 0. The fraction of sp³-hybridized carbons (Fsp3) is 0. The van der Waals surface area contributed by atoms with Crippen molar-refractivity contribution in [3.8, 4) is 0 Å². The van der Waals surface area contributed by atoms with Gasteiger partial charge in [-0.15, -0.1) is 0 Å². The molecule has 0 nitrogen and oxygen atoms in total. The Kier molecular flexibility index (Phi) is 2.11. The number of rotatable bonds is 0. The predicted molar refractivity (Wildman–Crippen MR) is 13.9 cm³/mol. The van der Waals surface area contributed by atoms with Gasteiger partial charge in [0.25, 0.3) is 0 Å². The van der Waals surface area contributed by atoms with E-state index >= 15 is 0 Å². The van der Waals surface area contributed by atoms with E-state index in [0.717, 1.165) is 0 Å². The standard InChI is InChI=1S/2ClH.2FH.Pt/h4*1H;/q;;;;+2/p-4. The number of hydrogen-bond acceptors (Lipinski definition) is 0. The minimum atomic E-state index is -5.00. The first-order valence-electron chi connectivity index (χ1n) is 0.478. The average molecular weight is 304 g/mol. The normalized spacial score (nSPS) is 15.2. The summed E-state index contributed by atoms with van der Waals surface area (Å²) in [4.78, 5) is 0. The van der Waals surface area contributed by atoms with Crippen molar-refractivity contribution in [2.45, 2.75) is 0 Å². The zero-order chi connectivity index (χ0) is 4.50. The van der Waals surface area contributed by atoms with E-state index in [1.54, 1.807) is 0 Å². The van der Waals surface area contributed by atoms with Crippen LogP contribution in [-0.2, 0) is 15.0 Å². The van der Waals surface area contributed by atoms with E-state index in [9.17, 15) is 6.32 Å². The summed E-state index contributed by atoms with van der Waals surface area (Å²) < 4.78 is 21.5. The van der Waals surface area contributed by atoms with Crippen LogP contribution in [0.5, 0.6) is 0 Å². The first kappa shape index (κ1) is 6.13. The zero-order valence-electron chi connectivity index (χ0n) is 1.83. The average Bonchev–Trinajstić information content (AvgIpc) is 0.722. The Balaban J connectivity index is 3.02. The predicted octanol–water partition coefficient (Wildman–Crippen LogP) is 2.22. The van der Waals surface area contributed by atoms with Crippen LogP contribution in [0.4, 0.5) is 6.32 Å². The van der Waals surface area contributed by atoms with Gasteiger partial charge in [0.1, 0.15) is 0 Å². The molecule has 0 unspecified atom stereocenters. The third kappa shape index (κ3) is 39.4. The van der Waals surface area contributed by atoms with Gasteiger partial charge in [0.15, 0.2) is 0 Å². The van der Waals surface area contributed by atoms with Gasteiger partial charge in [0.2, 0.25) is 0 Å². The monoisotopic (exact) mass is 303 g/mol. The molecule has 0 aromatic carbocycles. The molecule has 0 heterocycles. The minimum absolute atomic E-state index is 4.14. The van der Waals surface area contributed by atoms with Crippen LogP contribution in [0.1, 0.15) is 0 Å². The van der Waals surface area contributed by atoms with E-state index in [-0.39, 0.29) is 0 Å². The Bertz CT molecular complexity index is 23.1. The molecule has 5 heteroatoms. The fourth-order valence-electron chi connectivity index (χ4n) is 0. The first-order chi connectivity index (χ1) is 2.00. The molecule has 5 heavy (non-hydrogen) atoms. The molecule has 0 amide bonds. The molecule has 0 bridgehead atoms. The second kappa shape index (κ2) is 1.72. The molecule has 0 aliphatic rings. The van der Waals surface area contributed by atoms with Crippen molar-refractivity contribution >= 4 is 18.8 Å². The van der Waals surface area contributed by atoms with Crippen molar-refractivity contribution in [1.82, 2.24) is 0 Å². The Labute approximate surface area is 40.4 Å². The summed E-state index contributed by atoms with van der Waals surface area (Å²) >= 11 is -5.00. The van der Waals surface area contributed by atoms with Crippen LogP contribution in [0.3, 0.4) is 0 Å². The van der Waals surface area contributed by atoms with Crippen molar-refractivity contribution < 1.29 is 21.3 Å². The van der Waals surface area contributed by atoms with E-state index in [2.05, 4.69) is 18.8 Å². The van der Waals surface area contributed by atoms with Gasteiger partial charge in [-0.3, -0.25) is 0 Å². The summed E-state index contributed by atoms with van der Waals surface area (Å²) in [5.41, 5.74) is 0. The van der Waals surface area contributed by atoms with Gasteiger partial charge in [-0.05, 0) is 0 Å². The van der Waals surface area contributed by atoms with Crippen LogP contribution >= 0.6 is 18.8 Å². The van der Waals surface area contributed by atoms with E-state index < -0.39 is 15.0 Å². The van der Waals surface area contributed by atoms with Crippen molar-refractivity contribution in [1.29, 1.82) is 0 Å². The summed E-state index contributed by atoms with van der Waals surface area (Å²) in [6, 6.07) is 0. The summed E-state index contributed by atoms with van der Waals surface area (Å²) in [6.45, 7) is 0. The molecule has 0 saturated heterocycles. The van der Waals surface area contributed by atoms with Gasteiger partial charge >= 0.3 is 40.2 Å².